The number of hydrogen-bond acceptors (Lipinski definition) is 14. The molecule has 0 unspecified atom stereocenters. The van der Waals surface area contributed by atoms with Crippen molar-refractivity contribution in [2.45, 2.75) is 140 Å². The Morgan fingerprint density at radius 2 is 0.956 bits per heavy atom. The number of carbonyl (C=O) groups is 4. The first-order valence-electron chi connectivity index (χ1n) is 32.6. The van der Waals surface area contributed by atoms with Gasteiger partial charge in [-0.1, -0.05) is 47.5 Å². The van der Waals surface area contributed by atoms with Crippen LogP contribution in [0.1, 0.15) is 147 Å². The summed E-state index contributed by atoms with van der Waals surface area (Å²) in [6.45, 7) is 6.63. The molecule has 2 N–H and O–H groups in total. The number of carbonyl (C=O) groups excluding carboxylic acids is 4. The highest BCUT2D eigenvalue weighted by atomic mass is 35.5. The fourth-order valence-electron chi connectivity index (χ4n) is 16.3. The molecular weight excluding hydrogens is 1220 g/mol. The van der Waals surface area contributed by atoms with E-state index in [1.807, 2.05) is 36.4 Å². The molecule has 14 rings (SSSR count). The molecule has 4 fully saturated rings. The third kappa shape index (κ3) is 13.7. The van der Waals surface area contributed by atoms with E-state index in [4.69, 9.17) is 42.1 Å². The Morgan fingerprint density at radius 1 is 0.544 bits per heavy atom. The second kappa shape index (κ2) is 25.4. The number of rotatable bonds is 4. The molecule has 2 spiro atoms. The second-order valence-corrected chi connectivity index (χ2v) is 32.1. The van der Waals surface area contributed by atoms with Crippen LogP contribution < -0.4 is 28.7 Å². The number of nitrogens with zero attached hydrogens (tertiary/aromatic N) is 2. The number of aryl methyl sites for hydroxylation is 2. The quantitative estimate of drug-likeness (QED) is 0.144. The van der Waals surface area contributed by atoms with Gasteiger partial charge in [0.25, 0.3) is 11.8 Å². The summed E-state index contributed by atoms with van der Waals surface area (Å²) in [4.78, 5) is 55.9. The molecule has 4 aromatic carbocycles. The molecule has 0 aromatic heterocycles. The Hall–Kier alpha value is -6.08. The molecule has 4 heterocycles. The molecular formula is C70H82Cl2N4O12S2. The van der Waals surface area contributed by atoms with Crippen molar-refractivity contribution >= 4 is 78.4 Å². The minimum Gasteiger partial charge on any atom is -0.490 e. The molecule has 10 aliphatic rings. The van der Waals surface area contributed by atoms with E-state index in [9.17, 15) is 36.0 Å². The number of esters is 2. The molecule has 16 nitrogen and oxygen atoms in total. The van der Waals surface area contributed by atoms with Crippen LogP contribution in [0.5, 0.6) is 11.5 Å². The first kappa shape index (κ1) is 62.7. The summed E-state index contributed by atoms with van der Waals surface area (Å²) in [6, 6.07) is 22.8. The molecule has 2 amide bonds. The number of fused-ring (bicyclic) bond motifs is 8. The second-order valence-electron chi connectivity index (χ2n) is 27.7. The van der Waals surface area contributed by atoms with Gasteiger partial charge < -0.3 is 28.7 Å². The molecule has 0 radical (unpaired) electrons. The highest BCUT2D eigenvalue weighted by molar-refractivity contribution is 7.90. The van der Waals surface area contributed by atoms with Gasteiger partial charge >= 0.3 is 11.9 Å². The smallest absolute Gasteiger partial charge is 0.303 e. The first-order valence-corrected chi connectivity index (χ1v) is 36.6. The summed E-state index contributed by atoms with van der Waals surface area (Å²) < 4.78 is 82.6. The number of sulfonamides is 2. The van der Waals surface area contributed by atoms with Crippen LogP contribution in [-0.4, -0.2) is 104 Å². The molecule has 4 saturated carbocycles. The van der Waals surface area contributed by atoms with Crippen molar-refractivity contribution in [3.05, 3.63) is 141 Å². The summed E-state index contributed by atoms with van der Waals surface area (Å²) in [6.07, 6.45) is 22.0. The van der Waals surface area contributed by atoms with Crippen molar-refractivity contribution in [2.75, 3.05) is 60.7 Å². The van der Waals surface area contributed by atoms with E-state index in [-0.39, 0.29) is 93.1 Å². The van der Waals surface area contributed by atoms with Gasteiger partial charge in [-0.15, -0.1) is 0 Å². The number of ether oxygens (including phenoxy) is 4. The van der Waals surface area contributed by atoms with Crippen LogP contribution in [0.15, 0.2) is 97.1 Å². The lowest BCUT2D eigenvalue weighted by Crippen LogP contribution is -2.49. The molecule has 4 aliphatic heterocycles. The zero-order chi connectivity index (χ0) is 62.7. The lowest BCUT2D eigenvalue weighted by molar-refractivity contribution is -0.150. The van der Waals surface area contributed by atoms with Crippen molar-refractivity contribution < 1.29 is 55.0 Å². The maximum atomic E-state index is 13.4. The highest BCUT2D eigenvalue weighted by Gasteiger charge is 2.48. The standard InChI is InChI=1S/2C35H41ClN2O6S/c2*1-22(39)44-32-6-2-4-27(23-7-8-23)19-45(41,42)37-34(40)25-10-14-33-31(17-25)38(18-26-9-12-29(26)32)20-35(21-43-33)15-3-5-24-16-28(36)11-13-30(24)35/h2*2,6,10-11,13-14,16-17,23,26-27,29,32H,3-5,7-9,12,15,18-21H2,1H3,(H,37,40)/b2*6-2+/t26-,27+,29+,32-,35-;26-,27-,29+,32-,35-/m00/s1. The van der Waals surface area contributed by atoms with Gasteiger partial charge in [-0.05, 0) is 233 Å². The molecule has 480 valence electrons. The van der Waals surface area contributed by atoms with Crippen molar-refractivity contribution in [1.29, 1.82) is 0 Å². The maximum absolute atomic E-state index is 13.4. The molecule has 0 saturated heterocycles. The summed E-state index contributed by atoms with van der Waals surface area (Å²) >= 11 is 12.8. The Balaban J connectivity index is 0.000000165. The predicted molar refractivity (Wildman–Crippen MR) is 346 cm³/mol. The normalized spacial score (nSPS) is 31.7. The lowest BCUT2D eigenvalue weighted by atomic mass is 9.68. The van der Waals surface area contributed by atoms with Crippen LogP contribution in [0, 0.1) is 47.3 Å². The summed E-state index contributed by atoms with van der Waals surface area (Å²) in [5.41, 5.74) is 6.56. The average Bonchev–Trinajstić information content (AvgIpc) is 1.79. The van der Waals surface area contributed by atoms with Crippen molar-refractivity contribution in [1.82, 2.24) is 9.44 Å². The number of nitrogens with one attached hydrogen (secondary N) is 2. The fourth-order valence-corrected chi connectivity index (χ4v) is 19.6. The van der Waals surface area contributed by atoms with Crippen LogP contribution in [0.3, 0.4) is 0 Å². The molecule has 10 atom stereocenters. The summed E-state index contributed by atoms with van der Waals surface area (Å²) in [5, 5.41) is 1.45. The largest absolute Gasteiger partial charge is 0.490 e. The number of benzene rings is 4. The number of halogens is 2. The Morgan fingerprint density at radius 3 is 1.33 bits per heavy atom. The van der Waals surface area contributed by atoms with Gasteiger partial charge in [0, 0.05) is 83.9 Å². The number of allylic oxidation sites excluding steroid dienone is 2. The molecule has 4 bridgehead atoms. The zero-order valence-electron chi connectivity index (χ0n) is 51.3. The molecule has 90 heavy (non-hydrogen) atoms. The van der Waals surface area contributed by atoms with Crippen LogP contribution >= 0.6 is 23.2 Å². The van der Waals surface area contributed by atoms with Gasteiger partial charge in [0.2, 0.25) is 20.0 Å². The van der Waals surface area contributed by atoms with Gasteiger partial charge in [-0.25, -0.2) is 26.3 Å². The first-order chi connectivity index (χ1) is 43.2. The predicted octanol–water partition coefficient (Wildman–Crippen LogP) is 11.6. The van der Waals surface area contributed by atoms with Crippen molar-refractivity contribution in [3.63, 3.8) is 0 Å². The molecule has 4 aromatic rings. The topological polar surface area (TPSA) is 204 Å². The van der Waals surface area contributed by atoms with E-state index in [1.54, 1.807) is 36.4 Å². The number of amides is 2. The van der Waals surface area contributed by atoms with Crippen molar-refractivity contribution in [2.24, 2.45) is 47.3 Å². The summed E-state index contributed by atoms with van der Waals surface area (Å²) in [7, 11) is -7.76. The van der Waals surface area contributed by atoms with Gasteiger partial charge in [0.15, 0.2) is 0 Å². The van der Waals surface area contributed by atoms with E-state index >= 15 is 0 Å². The van der Waals surface area contributed by atoms with Gasteiger partial charge in [0.1, 0.15) is 23.7 Å². The molecule has 20 heteroatoms. The third-order valence-electron chi connectivity index (χ3n) is 21.4. The van der Waals surface area contributed by atoms with Crippen molar-refractivity contribution in [3.8, 4) is 11.5 Å². The van der Waals surface area contributed by atoms with E-state index in [0.717, 1.165) is 111 Å². The Bertz CT molecular complexity index is 3520. The van der Waals surface area contributed by atoms with E-state index in [2.05, 4.69) is 43.5 Å². The van der Waals surface area contributed by atoms with Crippen LogP contribution in [0.4, 0.5) is 11.4 Å². The van der Waals surface area contributed by atoms with Crippen LogP contribution in [0.2, 0.25) is 10.0 Å². The Kier molecular flexibility index (Phi) is 17.7. The van der Waals surface area contributed by atoms with E-state index in [0.29, 0.717) is 75.6 Å². The highest BCUT2D eigenvalue weighted by Crippen LogP contribution is 2.50. The van der Waals surface area contributed by atoms with Gasteiger partial charge in [-0.2, -0.15) is 0 Å². The SMILES string of the molecule is CC(=O)O[C@H]1/C=C/C[C@@H](C2CC2)CS(=O)(=O)NC(=O)c2ccc3c(c2)N(C[C@@H]2CC[C@H]21)C[C@@]1(CCCc2cc(Cl)ccc21)CO3.CC(=O)O[C@H]1/C=C/C[C@H](C2CC2)CS(=O)(=O)NC(=O)c2ccc3c(c2)N(C[C@@H]2CC[C@H]21)C[C@@]1(CCCc2cc(Cl)ccc21)CO3. The zero-order valence-corrected chi connectivity index (χ0v) is 54.5. The minimum absolute atomic E-state index is 0.102. The maximum Gasteiger partial charge on any atom is 0.303 e. The van der Waals surface area contributed by atoms with E-state index < -0.39 is 31.9 Å². The number of anilines is 2. The summed E-state index contributed by atoms with van der Waals surface area (Å²) in [5.74, 6) is 0.481. The van der Waals surface area contributed by atoms with Crippen LogP contribution in [0.25, 0.3) is 0 Å². The van der Waals surface area contributed by atoms with Crippen LogP contribution in [-0.2, 0) is 62.8 Å². The fraction of sp³-hybridized carbons (Fsp3) is 0.543. The third-order valence-corrected chi connectivity index (χ3v) is 24.6. The Labute approximate surface area is 539 Å². The molecule has 6 aliphatic carbocycles. The van der Waals surface area contributed by atoms with Gasteiger partial charge in [0.05, 0.1) is 36.1 Å². The van der Waals surface area contributed by atoms with E-state index in [1.165, 1.54) is 36.1 Å². The number of hydrogen-bond donors (Lipinski definition) is 2. The average molecular weight is 1310 g/mol. The van der Waals surface area contributed by atoms with Gasteiger partial charge in [-0.3, -0.25) is 19.2 Å². The lowest BCUT2D eigenvalue weighted by Gasteiger charge is -2.46. The minimum atomic E-state index is -3.88. The monoisotopic (exact) mass is 1300 g/mol.